The van der Waals surface area contributed by atoms with Gasteiger partial charge < -0.3 is 20.9 Å². The van der Waals surface area contributed by atoms with Crippen molar-refractivity contribution in [2.24, 2.45) is 5.92 Å². The van der Waals surface area contributed by atoms with Crippen molar-refractivity contribution in [3.63, 3.8) is 0 Å². The summed E-state index contributed by atoms with van der Waals surface area (Å²) in [6, 6.07) is 13.6. The molecule has 0 aliphatic carbocycles. The van der Waals surface area contributed by atoms with E-state index in [0.29, 0.717) is 23.6 Å². The summed E-state index contributed by atoms with van der Waals surface area (Å²) in [7, 11) is 0. The molecule has 3 heterocycles. The molecule has 2 amide bonds. The maximum atomic E-state index is 12.6. The molecule has 1 saturated heterocycles. The number of hydrogen-bond acceptors (Lipinski definition) is 3. The monoisotopic (exact) mass is 414 g/mol. The second kappa shape index (κ2) is 8.40. The molecule has 1 fully saturated rings. The lowest BCUT2D eigenvalue weighted by Gasteiger charge is -2.22. The zero-order chi connectivity index (χ0) is 21.2. The van der Waals surface area contributed by atoms with Crippen molar-refractivity contribution >= 4 is 45.7 Å². The summed E-state index contributed by atoms with van der Waals surface area (Å²) < 4.78 is 0. The molecule has 31 heavy (non-hydrogen) atoms. The van der Waals surface area contributed by atoms with Gasteiger partial charge >= 0.3 is 0 Å². The van der Waals surface area contributed by atoms with Gasteiger partial charge in [0.05, 0.1) is 0 Å². The number of para-hydroxylation sites is 1. The summed E-state index contributed by atoms with van der Waals surface area (Å²) in [4.78, 5) is 28.3. The Kier molecular flexibility index (Phi) is 5.30. The Hall–Kier alpha value is -3.38. The lowest BCUT2D eigenvalue weighted by Crippen LogP contribution is -2.30. The van der Waals surface area contributed by atoms with Crippen LogP contribution in [0, 0.1) is 5.92 Å². The van der Waals surface area contributed by atoms with Crippen LogP contribution in [0.5, 0.6) is 0 Å². The Morgan fingerprint density at radius 1 is 1.19 bits per heavy atom. The van der Waals surface area contributed by atoms with Crippen LogP contribution >= 0.6 is 0 Å². The highest BCUT2D eigenvalue weighted by atomic mass is 16.2. The van der Waals surface area contributed by atoms with Gasteiger partial charge in [-0.15, -0.1) is 0 Å². The number of hydrogen-bond donors (Lipinski definition) is 4. The number of aromatic nitrogens is 1. The van der Waals surface area contributed by atoms with Gasteiger partial charge in [-0.25, -0.2) is 0 Å². The molecular formula is C25H26N4O2. The Labute approximate surface area is 181 Å². The number of benzene rings is 2. The number of H-pyrrole nitrogens is 1. The van der Waals surface area contributed by atoms with Crippen LogP contribution in [0.25, 0.3) is 22.6 Å². The molecule has 1 aromatic heterocycles. The van der Waals surface area contributed by atoms with Crippen molar-refractivity contribution in [1.82, 2.24) is 10.3 Å². The summed E-state index contributed by atoms with van der Waals surface area (Å²) in [5.74, 6) is 0.463. The first-order valence-corrected chi connectivity index (χ1v) is 10.9. The maximum Gasteiger partial charge on any atom is 0.256 e. The first-order chi connectivity index (χ1) is 15.2. The standard InChI is InChI=1S/C25H26N4O2/c30-24(10-7-16-4-3-11-26-14-16)28-18-8-9-23-20(13-18)21(25(31)29-23)12-17-15-27-22-6-2-1-5-19(17)22/h1-2,5-6,8-9,12-13,15-16,26-27H,3-4,7,10-11,14H2,(H,28,30)(H,29,31)/b21-12+. The van der Waals surface area contributed by atoms with Crippen molar-refractivity contribution in [3.05, 3.63) is 59.8 Å². The van der Waals surface area contributed by atoms with Crippen LogP contribution in [-0.4, -0.2) is 29.9 Å². The highest BCUT2D eigenvalue weighted by Crippen LogP contribution is 2.36. The topological polar surface area (TPSA) is 86.0 Å². The summed E-state index contributed by atoms with van der Waals surface area (Å²) in [6.07, 6.45) is 7.60. The van der Waals surface area contributed by atoms with Crippen LogP contribution in [0.4, 0.5) is 11.4 Å². The zero-order valence-electron chi connectivity index (χ0n) is 17.3. The lowest BCUT2D eigenvalue weighted by atomic mass is 9.94. The summed E-state index contributed by atoms with van der Waals surface area (Å²) in [6.45, 7) is 2.08. The zero-order valence-corrected chi connectivity index (χ0v) is 17.3. The van der Waals surface area contributed by atoms with Crippen LogP contribution in [0.2, 0.25) is 0 Å². The molecule has 6 heteroatoms. The lowest BCUT2D eigenvalue weighted by molar-refractivity contribution is -0.116. The summed E-state index contributed by atoms with van der Waals surface area (Å²) in [5, 5.41) is 10.4. The van der Waals surface area contributed by atoms with E-state index < -0.39 is 0 Å². The highest BCUT2D eigenvalue weighted by molar-refractivity contribution is 6.35. The molecule has 0 spiro atoms. The van der Waals surface area contributed by atoms with Crippen LogP contribution in [0.1, 0.15) is 36.8 Å². The minimum absolute atomic E-state index is 0.0185. The van der Waals surface area contributed by atoms with Gasteiger partial charge in [0.15, 0.2) is 0 Å². The van der Waals surface area contributed by atoms with Crippen LogP contribution in [-0.2, 0) is 9.59 Å². The first-order valence-electron chi connectivity index (χ1n) is 10.9. The van der Waals surface area contributed by atoms with E-state index in [1.807, 2.05) is 54.7 Å². The number of amides is 2. The minimum atomic E-state index is -0.131. The number of carbonyl (C=O) groups excluding carboxylic acids is 2. The minimum Gasteiger partial charge on any atom is -0.361 e. The average molecular weight is 415 g/mol. The van der Waals surface area contributed by atoms with Crippen molar-refractivity contribution in [3.8, 4) is 0 Å². The molecule has 0 saturated carbocycles. The molecule has 1 unspecified atom stereocenters. The van der Waals surface area contributed by atoms with Crippen molar-refractivity contribution in [2.75, 3.05) is 23.7 Å². The van der Waals surface area contributed by atoms with E-state index in [1.54, 1.807) is 0 Å². The van der Waals surface area contributed by atoms with Gasteiger partial charge in [-0.3, -0.25) is 9.59 Å². The molecule has 0 radical (unpaired) electrons. The third-order valence-corrected chi connectivity index (χ3v) is 6.19. The predicted octanol–water partition coefficient (Wildman–Crippen LogP) is 4.38. The molecule has 5 rings (SSSR count). The second-order valence-corrected chi connectivity index (χ2v) is 8.36. The summed E-state index contributed by atoms with van der Waals surface area (Å²) in [5.41, 5.74) is 4.88. The molecule has 3 aromatic rings. The van der Waals surface area contributed by atoms with Gasteiger partial charge in [0.2, 0.25) is 5.91 Å². The third-order valence-electron chi connectivity index (χ3n) is 6.19. The molecule has 2 aliphatic heterocycles. The van der Waals surface area contributed by atoms with E-state index >= 15 is 0 Å². The van der Waals surface area contributed by atoms with E-state index in [-0.39, 0.29) is 11.8 Å². The Morgan fingerprint density at radius 2 is 2.10 bits per heavy atom. The smallest absolute Gasteiger partial charge is 0.256 e. The molecule has 6 nitrogen and oxygen atoms in total. The molecule has 1 atom stereocenters. The number of carbonyl (C=O) groups is 2. The summed E-state index contributed by atoms with van der Waals surface area (Å²) >= 11 is 0. The van der Waals surface area contributed by atoms with Gasteiger partial charge in [0.1, 0.15) is 0 Å². The molecule has 2 aromatic carbocycles. The fourth-order valence-corrected chi connectivity index (χ4v) is 4.51. The SMILES string of the molecule is O=C(CCC1CCCNC1)Nc1ccc2c(c1)/C(=C\c1c[nH]c3ccccc13)C(=O)N2. The van der Waals surface area contributed by atoms with E-state index in [0.717, 1.165) is 47.2 Å². The fraction of sp³-hybridized carbons (Fsp3) is 0.280. The normalized spacial score (nSPS) is 19.4. The Morgan fingerprint density at radius 3 is 2.97 bits per heavy atom. The van der Waals surface area contributed by atoms with E-state index in [1.165, 1.54) is 12.8 Å². The third kappa shape index (κ3) is 4.11. The van der Waals surface area contributed by atoms with E-state index in [9.17, 15) is 9.59 Å². The second-order valence-electron chi connectivity index (χ2n) is 8.36. The van der Waals surface area contributed by atoms with E-state index in [4.69, 9.17) is 0 Å². The van der Waals surface area contributed by atoms with Crippen molar-refractivity contribution < 1.29 is 9.59 Å². The molecule has 0 bridgehead atoms. The Balaban J connectivity index is 1.34. The highest BCUT2D eigenvalue weighted by Gasteiger charge is 2.25. The van der Waals surface area contributed by atoms with Gasteiger partial charge in [-0.2, -0.15) is 0 Å². The fourth-order valence-electron chi connectivity index (χ4n) is 4.51. The first kappa shape index (κ1) is 19.6. The van der Waals surface area contributed by atoms with Crippen LogP contribution < -0.4 is 16.0 Å². The quantitative estimate of drug-likeness (QED) is 0.468. The molecule has 158 valence electrons. The maximum absolute atomic E-state index is 12.6. The number of nitrogens with one attached hydrogen (secondary N) is 4. The van der Waals surface area contributed by atoms with Gasteiger partial charge in [0, 0.05) is 51.6 Å². The Bertz CT molecular complexity index is 1170. The number of anilines is 2. The molecule has 4 N–H and O–H groups in total. The predicted molar refractivity (Wildman–Crippen MR) is 125 cm³/mol. The van der Waals surface area contributed by atoms with E-state index in [2.05, 4.69) is 20.9 Å². The number of fused-ring (bicyclic) bond motifs is 2. The van der Waals surface area contributed by atoms with Crippen LogP contribution in [0.15, 0.2) is 48.7 Å². The number of aromatic amines is 1. The van der Waals surface area contributed by atoms with Crippen molar-refractivity contribution in [1.29, 1.82) is 0 Å². The molecular weight excluding hydrogens is 388 g/mol. The van der Waals surface area contributed by atoms with Gasteiger partial charge in [0.25, 0.3) is 5.91 Å². The van der Waals surface area contributed by atoms with Crippen molar-refractivity contribution in [2.45, 2.75) is 25.7 Å². The average Bonchev–Trinajstić information content (AvgIpc) is 3.34. The van der Waals surface area contributed by atoms with Gasteiger partial charge in [-0.05, 0) is 68.6 Å². The van der Waals surface area contributed by atoms with Gasteiger partial charge in [-0.1, -0.05) is 18.2 Å². The van der Waals surface area contributed by atoms with Crippen LogP contribution in [0.3, 0.4) is 0 Å². The number of rotatable bonds is 5. The number of piperidine rings is 1. The largest absolute Gasteiger partial charge is 0.361 e. The molecule has 2 aliphatic rings.